The second-order valence-electron chi connectivity index (χ2n) is 4.87. The van der Waals surface area contributed by atoms with Gasteiger partial charge in [-0.15, -0.1) is 0 Å². The molecular weight excluding hydrogens is 262 g/mol. The maximum atomic E-state index is 13.4. The lowest BCUT2D eigenvalue weighted by Gasteiger charge is -2.25. The number of aromatic nitrogens is 2. The van der Waals surface area contributed by atoms with Gasteiger partial charge in [-0.25, -0.2) is 18.7 Å². The van der Waals surface area contributed by atoms with Crippen LogP contribution < -0.4 is 10.6 Å². The van der Waals surface area contributed by atoms with Gasteiger partial charge in [0.2, 0.25) is 5.95 Å². The average molecular weight is 276 g/mol. The summed E-state index contributed by atoms with van der Waals surface area (Å²) >= 11 is 0. The topological polar surface area (TPSA) is 55.0 Å². The Bertz CT molecular complexity index is 595. The van der Waals surface area contributed by atoms with Crippen LogP contribution in [0.1, 0.15) is 24.4 Å². The fraction of sp³-hybridized carbons (Fsp3) is 0.286. The van der Waals surface area contributed by atoms with Crippen molar-refractivity contribution in [3.8, 4) is 0 Å². The number of hydrogen-bond donors (Lipinski definition) is 1. The summed E-state index contributed by atoms with van der Waals surface area (Å²) in [5, 5.41) is 0. The van der Waals surface area contributed by atoms with Crippen LogP contribution in [0, 0.1) is 11.6 Å². The quantitative estimate of drug-likeness (QED) is 0.916. The van der Waals surface area contributed by atoms with Crippen molar-refractivity contribution < 1.29 is 8.78 Å². The molecule has 1 fully saturated rings. The lowest BCUT2D eigenvalue weighted by Crippen LogP contribution is -2.24. The number of halogens is 2. The molecule has 0 spiro atoms. The van der Waals surface area contributed by atoms with Crippen molar-refractivity contribution in [1.82, 2.24) is 9.97 Å². The number of benzene rings is 1. The second-order valence-corrected chi connectivity index (χ2v) is 4.87. The highest BCUT2D eigenvalue weighted by Gasteiger charge is 2.28. The zero-order chi connectivity index (χ0) is 14.1. The number of anilines is 2. The Morgan fingerprint density at radius 1 is 1.10 bits per heavy atom. The molecule has 0 bridgehead atoms. The molecule has 2 heterocycles. The smallest absolute Gasteiger partial charge is 0.225 e. The van der Waals surface area contributed by atoms with Crippen molar-refractivity contribution in [3.05, 3.63) is 47.8 Å². The Balaban J connectivity index is 1.94. The molecule has 0 radical (unpaired) electrons. The standard InChI is InChI=1S/C14H14F2N4/c15-10-4-9(5-11(16)6-10)13-2-1-3-20(13)14-18-7-12(17)8-19-14/h4-8,13H,1-3,17H2. The molecule has 1 atom stereocenters. The van der Waals surface area contributed by atoms with Gasteiger partial charge >= 0.3 is 0 Å². The second kappa shape index (κ2) is 5.03. The van der Waals surface area contributed by atoms with Crippen LogP contribution in [0.15, 0.2) is 30.6 Å². The Morgan fingerprint density at radius 3 is 2.40 bits per heavy atom. The first-order valence-corrected chi connectivity index (χ1v) is 6.43. The van der Waals surface area contributed by atoms with Gasteiger partial charge in [0, 0.05) is 12.6 Å². The third-order valence-electron chi connectivity index (χ3n) is 3.44. The average Bonchev–Trinajstić information content (AvgIpc) is 2.87. The van der Waals surface area contributed by atoms with Crippen molar-refractivity contribution in [3.63, 3.8) is 0 Å². The third-order valence-corrected chi connectivity index (χ3v) is 3.44. The predicted molar refractivity (Wildman–Crippen MR) is 72.1 cm³/mol. The van der Waals surface area contributed by atoms with Gasteiger partial charge < -0.3 is 10.6 Å². The molecule has 20 heavy (non-hydrogen) atoms. The lowest BCUT2D eigenvalue weighted by molar-refractivity contribution is 0.572. The van der Waals surface area contributed by atoms with E-state index < -0.39 is 11.6 Å². The highest BCUT2D eigenvalue weighted by atomic mass is 19.1. The zero-order valence-electron chi connectivity index (χ0n) is 10.8. The normalized spacial score (nSPS) is 18.5. The van der Waals surface area contributed by atoms with Crippen LogP contribution in [0.3, 0.4) is 0 Å². The molecule has 2 N–H and O–H groups in total. The summed E-state index contributed by atoms with van der Waals surface area (Å²) in [4.78, 5) is 10.3. The summed E-state index contributed by atoms with van der Waals surface area (Å²) in [5.41, 5.74) is 6.67. The summed E-state index contributed by atoms with van der Waals surface area (Å²) in [6, 6.07) is 3.50. The van der Waals surface area contributed by atoms with Crippen LogP contribution in [-0.2, 0) is 0 Å². The summed E-state index contributed by atoms with van der Waals surface area (Å²) < 4.78 is 26.7. The minimum Gasteiger partial charge on any atom is -0.396 e. The van der Waals surface area contributed by atoms with E-state index >= 15 is 0 Å². The predicted octanol–water partition coefficient (Wildman–Crippen LogP) is 2.68. The summed E-state index contributed by atoms with van der Waals surface area (Å²) in [5.74, 6) is -0.596. The van der Waals surface area contributed by atoms with Crippen molar-refractivity contribution in [2.45, 2.75) is 18.9 Å². The van der Waals surface area contributed by atoms with Crippen molar-refractivity contribution >= 4 is 11.6 Å². The number of nitrogen functional groups attached to an aromatic ring is 1. The van der Waals surface area contributed by atoms with Gasteiger partial charge in [-0.1, -0.05) is 0 Å². The molecule has 0 aliphatic carbocycles. The van der Waals surface area contributed by atoms with E-state index in [0.29, 0.717) is 17.2 Å². The van der Waals surface area contributed by atoms with Crippen molar-refractivity contribution in [2.75, 3.05) is 17.2 Å². The molecule has 4 nitrogen and oxygen atoms in total. The SMILES string of the molecule is Nc1cnc(N2CCCC2c2cc(F)cc(F)c2)nc1. The van der Waals surface area contributed by atoms with E-state index in [1.807, 2.05) is 4.90 Å². The van der Waals surface area contributed by atoms with Crippen molar-refractivity contribution in [2.24, 2.45) is 0 Å². The first kappa shape index (κ1) is 12.8. The largest absolute Gasteiger partial charge is 0.396 e. The minimum absolute atomic E-state index is 0.108. The third kappa shape index (κ3) is 2.41. The molecule has 2 aromatic rings. The Labute approximate surface area is 115 Å². The van der Waals surface area contributed by atoms with Gasteiger partial charge in [0.25, 0.3) is 0 Å². The van der Waals surface area contributed by atoms with Crippen LogP contribution >= 0.6 is 0 Å². The number of hydrogen-bond acceptors (Lipinski definition) is 4. The molecule has 1 aromatic carbocycles. The maximum Gasteiger partial charge on any atom is 0.225 e. The highest BCUT2D eigenvalue weighted by Crippen LogP contribution is 2.34. The summed E-state index contributed by atoms with van der Waals surface area (Å²) in [6.07, 6.45) is 4.81. The maximum absolute atomic E-state index is 13.4. The lowest BCUT2D eigenvalue weighted by atomic mass is 10.0. The minimum atomic E-state index is -0.565. The van der Waals surface area contributed by atoms with E-state index in [1.54, 1.807) is 0 Å². The fourth-order valence-electron chi connectivity index (χ4n) is 2.60. The van der Waals surface area contributed by atoms with E-state index in [4.69, 9.17) is 5.73 Å². The van der Waals surface area contributed by atoms with Gasteiger partial charge in [-0.3, -0.25) is 0 Å². The molecular formula is C14H14F2N4. The Morgan fingerprint density at radius 2 is 1.75 bits per heavy atom. The van der Waals surface area contributed by atoms with Gasteiger partial charge in [0.15, 0.2) is 0 Å². The zero-order valence-corrected chi connectivity index (χ0v) is 10.8. The van der Waals surface area contributed by atoms with Crippen LogP contribution in [0.2, 0.25) is 0 Å². The van der Waals surface area contributed by atoms with Crippen LogP contribution in [-0.4, -0.2) is 16.5 Å². The molecule has 1 aliphatic rings. The Kier molecular flexibility index (Phi) is 3.22. The van der Waals surface area contributed by atoms with E-state index in [-0.39, 0.29) is 6.04 Å². The van der Waals surface area contributed by atoms with Crippen molar-refractivity contribution in [1.29, 1.82) is 0 Å². The molecule has 0 saturated carbocycles. The van der Waals surface area contributed by atoms with Crippen LogP contribution in [0.25, 0.3) is 0 Å². The van der Waals surface area contributed by atoms with Gasteiger partial charge in [0.1, 0.15) is 11.6 Å². The Hall–Kier alpha value is -2.24. The van der Waals surface area contributed by atoms with Gasteiger partial charge in [0.05, 0.1) is 24.1 Å². The molecule has 1 aliphatic heterocycles. The molecule has 1 aromatic heterocycles. The molecule has 0 amide bonds. The van der Waals surface area contributed by atoms with Crippen LogP contribution in [0.5, 0.6) is 0 Å². The van der Waals surface area contributed by atoms with E-state index in [2.05, 4.69) is 9.97 Å². The van der Waals surface area contributed by atoms with Crippen LogP contribution in [0.4, 0.5) is 20.4 Å². The molecule has 1 saturated heterocycles. The first-order valence-electron chi connectivity index (χ1n) is 6.43. The van der Waals surface area contributed by atoms with Gasteiger partial charge in [-0.2, -0.15) is 0 Å². The summed E-state index contributed by atoms with van der Waals surface area (Å²) in [7, 11) is 0. The number of nitrogens with two attached hydrogens (primary N) is 1. The fourth-order valence-corrected chi connectivity index (χ4v) is 2.60. The van der Waals surface area contributed by atoms with Gasteiger partial charge in [-0.05, 0) is 30.5 Å². The highest BCUT2D eigenvalue weighted by molar-refractivity contribution is 5.42. The molecule has 3 rings (SSSR count). The first-order chi connectivity index (χ1) is 9.63. The monoisotopic (exact) mass is 276 g/mol. The molecule has 1 unspecified atom stereocenters. The number of nitrogens with zero attached hydrogens (tertiary/aromatic N) is 3. The summed E-state index contributed by atoms with van der Waals surface area (Å²) in [6.45, 7) is 0.757. The van der Waals surface area contributed by atoms with E-state index in [9.17, 15) is 8.78 Å². The van der Waals surface area contributed by atoms with E-state index in [0.717, 1.165) is 25.5 Å². The number of rotatable bonds is 2. The molecule has 6 heteroatoms. The van der Waals surface area contributed by atoms with E-state index in [1.165, 1.54) is 24.5 Å². The molecule has 104 valence electrons.